The van der Waals surface area contributed by atoms with E-state index in [0.29, 0.717) is 5.75 Å². The first-order chi connectivity index (χ1) is 13.8. The zero-order chi connectivity index (χ0) is 19.2. The number of carbonyl (C=O) groups is 1. The molecule has 0 unspecified atom stereocenters. The number of para-hydroxylation sites is 1. The molecule has 4 rings (SSSR count). The highest BCUT2D eigenvalue weighted by atomic mass is 32.2. The molecule has 0 bridgehead atoms. The van der Waals surface area contributed by atoms with Gasteiger partial charge in [-0.2, -0.15) is 0 Å². The zero-order valence-electron chi connectivity index (χ0n) is 15.4. The lowest BCUT2D eigenvalue weighted by Crippen LogP contribution is -2.15. The summed E-state index contributed by atoms with van der Waals surface area (Å²) < 4.78 is 10.7. The van der Waals surface area contributed by atoms with Crippen LogP contribution in [0.5, 0.6) is 11.5 Å². The first-order valence-electron chi connectivity index (χ1n) is 9.16. The van der Waals surface area contributed by atoms with Crippen LogP contribution in [-0.4, -0.2) is 18.5 Å². The van der Waals surface area contributed by atoms with Gasteiger partial charge >= 0.3 is 0 Å². The maximum Gasteiger partial charge on any atom is 0.234 e. The standard InChI is InChI=1S/C23H21NO3S/c25-23(15-28-14-18-10-11-21-22(13-18)27-16-26-21)24-20-9-5-4-8-19(20)12-17-6-2-1-3-7-17/h1-11,13H,12,14-16H2,(H,24,25). The van der Waals surface area contributed by atoms with Crippen molar-refractivity contribution in [3.05, 3.63) is 89.5 Å². The van der Waals surface area contributed by atoms with Crippen molar-refractivity contribution in [2.45, 2.75) is 12.2 Å². The van der Waals surface area contributed by atoms with Crippen LogP contribution in [0.15, 0.2) is 72.8 Å². The Labute approximate surface area is 168 Å². The van der Waals surface area contributed by atoms with E-state index in [1.54, 1.807) is 11.8 Å². The third kappa shape index (κ3) is 4.67. The molecular weight excluding hydrogens is 370 g/mol. The van der Waals surface area contributed by atoms with E-state index in [2.05, 4.69) is 23.5 Å². The Morgan fingerprint density at radius 2 is 1.68 bits per heavy atom. The largest absolute Gasteiger partial charge is 0.454 e. The van der Waals surface area contributed by atoms with Crippen molar-refractivity contribution in [1.29, 1.82) is 0 Å². The number of benzene rings is 3. The van der Waals surface area contributed by atoms with Crippen molar-refractivity contribution < 1.29 is 14.3 Å². The van der Waals surface area contributed by atoms with Crippen LogP contribution in [0.1, 0.15) is 16.7 Å². The molecule has 0 atom stereocenters. The van der Waals surface area contributed by atoms with E-state index < -0.39 is 0 Å². The second-order valence-corrected chi connectivity index (χ2v) is 7.53. The fraction of sp³-hybridized carbons (Fsp3) is 0.174. The number of ether oxygens (including phenoxy) is 2. The average Bonchev–Trinajstić information content (AvgIpc) is 3.18. The molecule has 28 heavy (non-hydrogen) atoms. The number of anilines is 1. The smallest absolute Gasteiger partial charge is 0.234 e. The summed E-state index contributed by atoms with van der Waals surface area (Å²) in [7, 11) is 0. The first-order valence-corrected chi connectivity index (χ1v) is 10.3. The summed E-state index contributed by atoms with van der Waals surface area (Å²) >= 11 is 1.58. The van der Waals surface area contributed by atoms with Crippen molar-refractivity contribution in [3.8, 4) is 11.5 Å². The summed E-state index contributed by atoms with van der Waals surface area (Å²) in [6, 6.07) is 24.1. The molecule has 5 heteroatoms. The second-order valence-electron chi connectivity index (χ2n) is 6.55. The molecule has 1 aliphatic heterocycles. The van der Waals surface area contributed by atoms with Gasteiger partial charge in [0.15, 0.2) is 11.5 Å². The van der Waals surface area contributed by atoms with Crippen molar-refractivity contribution >= 4 is 23.4 Å². The number of nitrogens with one attached hydrogen (secondary N) is 1. The van der Waals surface area contributed by atoms with E-state index in [-0.39, 0.29) is 12.7 Å². The van der Waals surface area contributed by atoms with Gasteiger partial charge in [-0.05, 0) is 41.3 Å². The van der Waals surface area contributed by atoms with Gasteiger partial charge in [0, 0.05) is 11.4 Å². The van der Waals surface area contributed by atoms with Gasteiger partial charge < -0.3 is 14.8 Å². The summed E-state index contributed by atoms with van der Waals surface area (Å²) in [6.45, 7) is 0.275. The van der Waals surface area contributed by atoms with E-state index in [9.17, 15) is 4.79 Å². The number of thioether (sulfide) groups is 1. The minimum Gasteiger partial charge on any atom is -0.454 e. The molecule has 3 aromatic carbocycles. The highest BCUT2D eigenvalue weighted by molar-refractivity contribution is 7.99. The number of hydrogen-bond donors (Lipinski definition) is 1. The molecule has 1 amide bonds. The van der Waals surface area contributed by atoms with Crippen molar-refractivity contribution in [3.63, 3.8) is 0 Å². The summed E-state index contributed by atoms with van der Waals surface area (Å²) in [4.78, 5) is 12.4. The van der Waals surface area contributed by atoms with Crippen LogP contribution in [0.4, 0.5) is 5.69 Å². The van der Waals surface area contributed by atoms with Gasteiger partial charge in [-0.3, -0.25) is 4.79 Å². The highest BCUT2D eigenvalue weighted by Crippen LogP contribution is 2.33. The number of carbonyl (C=O) groups excluding carboxylic acids is 1. The third-order valence-electron chi connectivity index (χ3n) is 4.47. The van der Waals surface area contributed by atoms with Gasteiger partial charge in [0.25, 0.3) is 0 Å². The fourth-order valence-electron chi connectivity index (χ4n) is 3.09. The van der Waals surface area contributed by atoms with Crippen LogP contribution in [0.3, 0.4) is 0 Å². The van der Waals surface area contributed by atoms with Crippen LogP contribution < -0.4 is 14.8 Å². The first kappa shape index (κ1) is 18.4. The number of hydrogen-bond acceptors (Lipinski definition) is 4. The van der Waals surface area contributed by atoms with Crippen LogP contribution in [-0.2, 0) is 17.0 Å². The Kier molecular flexibility index (Phi) is 5.83. The molecular formula is C23H21NO3S. The van der Waals surface area contributed by atoms with E-state index in [4.69, 9.17) is 9.47 Å². The monoisotopic (exact) mass is 391 g/mol. The molecule has 1 N–H and O–H groups in total. The predicted molar refractivity (Wildman–Crippen MR) is 113 cm³/mol. The van der Waals surface area contributed by atoms with E-state index in [1.807, 2.05) is 54.6 Å². The number of rotatable bonds is 7. The van der Waals surface area contributed by atoms with Crippen LogP contribution in [0.25, 0.3) is 0 Å². The molecule has 0 saturated heterocycles. The van der Waals surface area contributed by atoms with Crippen molar-refractivity contribution in [1.82, 2.24) is 0 Å². The minimum absolute atomic E-state index is 0.00579. The SMILES string of the molecule is O=C(CSCc1ccc2c(c1)OCO2)Nc1ccccc1Cc1ccccc1. The predicted octanol–water partition coefficient (Wildman–Crippen LogP) is 4.88. The second kappa shape index (κ2) is 8.85. The maximum absolute atomic E-state index is 12.4. The summed E-state index contributed by atoms with van der Waals surface area (Å²) in [6.07, 6.45) is 0.793. The molecule has 3 aromatic rings. The third-order valence-corrected chi connectivity index (χ3v) is 5.47. The molecule has 0 spiro atoms. The molecule has 0 radical (unpaired) electrons. The molecule has 0 fully saturated rings. The molecule has 0 aliphatic carbocycles. The summed E-state index contributed by atoms with van der Waals surface area (Å²) in [5.41, 5.74) is 4.33. The Morgan fingerprint density at radius 1 is 0.893 bits per heavy atom. The lowest BCUT2D eigenvalue weighted by atomic mass is 10.0. The lowest BCUT2D eigenvalue weighted by molar-refractivity contribution is -0.113. The van der Waals surface area contributed by atoms with Crippen LogP contribution in [0, 0.1) is 0 Å². The molecule has 0 saturated carbocycles. The Balaban J connectivity index is 1.31. The van der Waals surface area contributed by atoms with Gasteiger partial charge in [-0.25, -0.2) is 0 Å². The average molecular weight is 391 g/mol. The van der Waals surface area contributed by atoms with Gasteiger partial charge in [0.2, 0.25) is 12.7 Å². The Morgan fingerprint density at radius 3 is 2.57 bits per heavy atom. The lowest BCUT2D eigenvalue weighted by Gasteiger charge is -2.11. The van der Waals surface area contributed by atoms with Crippen LogP contribution >= 0.6 is 11.8 Å². The normalized spacial score (nSPS) is 12.0. The van der Waals surface area contributed by atoms with Gasteiger partial charge in [-0.15, -0.1) is 11.8 Å². The van der Waals surface area contributed by atoms with Crippen molar-refractivity contribution in [2.75, 3.05) is 17.9 Å². The van der Waals surface area contributed by atoms with Gasteiger partial charge in [0.1, 0.15) is 0 Å². The number of fused-ring (bicyclic) bond motifs is 1. The summed E-state index contributed by atoms with van der Waals surface area (Å²) in [5, 5.41) is 3.05. The zero-order valence-corrected chi connectivity index (χ0v) is 16.2. The van der Waals surface area contributed by atoms with Crippen molar-refractivity contribution in [2.24, 2.45) is 0 Å². The number of amides is 1. The topological polar surface area (TPSA) is 47.6 Å². The molecule has 4 nitrogen and oxygen atoms in total. The quantitative estimate of drug-likeness (QED) is 0.624. The molecule has 0 aromatic heterocycles. The maximum atomic E-state index is 12.4. The Hall–Kier alpha value is -2.92. The van der Waals surface area contributed by atoms with Gasteiger partial charge in [-0.1, -0.05) is 54.6 Å². The van der Waals surface area contributed by atoms with Crippen LogP contribution in [0.2, 0.25) is 0 Å². The van der Waals surface area contributed by atoms with E-state index in [0.717, 1.165) is 40.5 Å². The summed E-state index contributed by atoms with van der Waals surface area (Å²) in [5.74, 6) is 2.70. The highest BCUT2D eigenvalue weighted by Gasteiger charge is 2.13. The minimum atomic E-state index is 0.00579. The Bertz CT molecular complexity index is 959. The van der Waals surface area contributed by atoms with E-state index in [1.165, 1.54) is 5.56 Å². The molecule has 1 aliphatic rings. The molecule has 1 heterocycles. The fourth-order valence-corrected chi connectivity index (χ4v) is 3.87. The van der Waals surface area contributed by atoms with E-state index >= 15 is 0 Å². The van der Waals surface area contributed by atoms with Gasteiger partial charge in [0.05, 0.1) is 5.75 Å². The molecule has 142 valence electrons.